The van der Waals surface area contributed by atoms with Gasteiger partial charge in [0, 0.05) is 13.5 Å². The average Bonchev–Trinajstić information content (AvgIpc) is 3.29. The van der Waals surface area contributed by atoms with Crippen molar-refractivity contribution in [1.29, 1.82) is 0 Å². The van der Waals surface area contributed by atoms with Crippen molar-refractivity contribution >= 4 is 5.97 Å². The first-order valence-electron chi connectivity index (χ1n) is 12.4. The van der Waals surface area contributed by atoms with Gasteiger partial charge >= 0.3 is 5.97 Å². The minimum atomic E-state index is -2.98. The van der Waals surface area contributed by atoms with Crippen LogP contribution in [0.2, 0.25) is 0 Å². The van der Waals surface area contributed by atoms with E-state index in [9.17, 15) is 13.6 Å². The first-order chi connectivity index (χ1) is 16.4. The number of carbonyl (C=O) groups is 1. The molecule has 0 amide bonds. The quantitative estimate of drug-likeness (QED) is 0.192. The monoisotopic (exact) mass is 482 g/mol. The molecule has 0 radical (unpaired) electrons. The molecule has 1 fully saturated rings. The largest absolute Gasteiger partial charge is 0.487 e. The number of allylic oxidation sites excluding steroid dienone is 3. The molecule has 4 nitrogen and oxygen atoms in total. The van der Waals surface area contributed by atoms with E-state index < -0.39 is 12.5 Å². The van der Waals surface area contributed by atoms with E-state index in [0.29, 0.717) is 18.1 Å². The molecule has 1 aromatic rings. The number of rotatable bonds is 12. The van der Waals surface area contributed by atoms with Gasteiger partial charge in [0.1, 0.15) is 5.75 Å². The fourth-order valence-electron chi connectivity index (χ4n) is 3.70. The highest BCUT2D eigenvalue weighted by Gasteiger charge is 2.29. The number of aliphatic hydroxyl groups excluding tert-OH is 1. The molecule has 194 valence electrons. The lowest BCUT2D eigenvalue weighted by Gasteiger charge is -2.17. The highest BCUT2D eigenvalue weighted by molar-refractivity contribution is 5.69. The van der Waals surface area contributed by atoms with Crippen molar-refractivity contribution in [2.75, 3.05) is 13.7 Å². The number of carbonyl (C=O) groups excluding carboxylic acids is 1. The van der Waals surface area contributed by atoms with Gasteiger partial charge in [-0.1, -0.05) is 56.7 Å². The Morgan fingerprint density at radius 3 is 2.47 bits per heavy atom. The molecule has 0 heterocycles. The van der Waals surface area contributed by atoms with Crippen LogP contribution in [-0.4, -0.2) is 36.8 Å². The van der Waals surface area contributed by atoms with Crippen molar-refractivity contribution < 1.29 is 28.2 Å². The van der Waals surface area contributed by atoms with Crippen molar-refractivity contribution in [2.45, 2.75) is 84.7 Å². The van der Waals surface area contributed by atoms with Gasteiger partial charge in [0.2, 0.25) is 0 Å². The van der Waals surface area contributed by atoms with E-state index in [1.54, 1.807) is 30.3 Å². The fourth-order valence-corrected chi connectivity index (χ4v) is 3.70. The number of benzene rings is 1. The SMILES string of the molecule is CC.CC(C)OC(=O)CCC/C=C\C[C@H]1CCCC1/C=C/C(F)(F)COc1ccccc1.CO. The summed E-state index contributed by atoms with van der Waals surface area (Å²) in [5, 5.41) is 7.00. The number of ether oxygens (including phenoxy) is 2. The Balaban J connectivity index is 0.00000258. The minimum Gasteiger partial charge on any atom is -0.487 e. The lowest BCUT2D eigenvalue weighted by atomic mass is 9.92. The van der Waals surface area contributed by atoms with Gasteiger partial charge in [-0.15, -0.1) is 0 Å². The molecular formula is C28H44F2O4. The number of hydrogen-bond donors (Lipinski definition) is 1. The molecule has 1 N–H and O–H groups in total. The Bertz CT molecular complexity index is 687. The summed E-state index contributed by atoms with van der Waals surface area (Å²) in [4.78, 5) is 11.5. The lowest BCUT2D eigenvalue weighted by molar-refractivity contribution is -0.147. The Kier molecular flexibility index (Phi) is 17.9. The number of hydrogen-bond acceptors (Lipinski definition) is 4. The third-order valence-electron chi connectivity index (χ3n) is 5.20. The highest BCUT2D eigenvalue weighted by atomic mass is 19.3. The molecule has 2 atom stereocenters. The number of halogens is 2. The Morgan fingerprint density at radius 1 is 1.15 bits per heavy atom. The van der Waals surface area contributed by atoms with Crippen LogP contribution >= 0.6 is 0 Å². The second kappa shape index (κ2) is 19.1. The topological polar surface area (TPSA) is 55.8 Å². The molecule has 0 aromatic heterocycles. The summed E-state index contributed by atoms with van der Waals surface area (Å²) in [6, 6.07) is 8.69. The second-order valence-electron chi connectivity index (χ2n) is 8.21. The summed E-state index contributed by atoms with van der Waals surface area (Å²) in [5.41, 5.74) is 0. The van der Waals surface area contributed by atoms with Gasteiger partial charge in [0.05, 0.1) is 6.10 Å². The first kappa shape index (κ1) is 31.8. The maximum atomic E-state index is 14.2. The summed E-state index contributed by atoms with van der Waals surface area (Å²) in [7, 11) is 1.00. The normalized spacial score (nSPS) is 17.8. The number of alkyl halides is 2. The molecule has 0 saturated heterocycles. The van der Waals surface area contributed by atoms with Crippen LogP contribution in [0.5, 0.6) is 5.75 Å². The molecular weight excluding hydrogens is 438 g/mol. The molecule has 2 rings (SSSR count). The summed E-state index contributed by atoms with van der Waals surface area (Å²) in [5.74, 6) is -2.11. The number of aliphatic hydroxyl groups is 1. The molecule has 0 bridgehead atoms. The molecule has 1 aliphatic carbocycles. The highest BCUT2D eigenvalue weighted by Crippen LogP contribution is 2.36. The zero-order chi connectivity index (χ0) is 25.8. The van der Waals surface area contributed by atoms with E-state index in [1.165, 1.54) is 0 Å². The molecule has 1 aliphatic rings. The molecule has 0 spiro atoms. The van der Waals surface area contributed by atoms with E-state index in [2.05, 4.69) is 12.2 Å². The number of unbranched alkanes of at least 4 members (excludes halogenated alkanes) is 1. The Morgan fingerprint density at radius 2 is 1.82 bits per heavy atom. The zero-order valence-corrected chi connectivity index (χ0v) is 21.5. The predicted octanol–water partition coefficient (Wildman–Crippen LogP) is 7.38. The van der Waals surface area contributed by atoms with E-state index in [-0.39, 0.29) is 18.0 Å². The van der Waals surface area contributed by atoms with Gasteiger partial charge in [0.15, 0.2) is 6.61 Å². The van der Waals surface area contributed by atoms with Crippen LogP contribution in [0.15, 0.2) is 54.6 Å². The van der Waals surface area contributed by atoms with Crippen LogP contribution in [0.3, 0.4) is 0 Å². The van der Waals surface area contributed by atoms with E-state index in [4.69, 9.17) is 14.6 Å². The van der Waals surface area contributed by atoms with Crippen LogP contribution in [0.1, 0.15) is 72.6 Å². The molecule has 1 aromatic carbocycles. The van der Waals surface area contributed by atoms with Crippen molar-refractivity contribution in [1.82, 2.24) is 0 Å². The van der Waals surface area contributed by atoms with Crippen LogP contribution in [-0.2, 0) is 9.53 Å². The second-order valence-corrected chi connectivity index (χ2v) is 8.21. The summed E-state index contributed by atoms with van der Waals surface area (Å²) >= 11 is 0. The molecule has 0 aliphatic heterocycles. The van der Waals surface area contributed by atoms with Gasteiger partial charge in [-0.3, -0.25) is 4.79 Å². The van der Waals surface area contributed by atoms with Crippen LogP contribution in [0.4, 0.5) is 8.78 Å². The smallest absolute Gasteiger partial charge is 0.306 e. The molecule has 1 unspecified atom stereocenters. The van der Waals surface area contributed by atoms with Gasteiger partial charge in [-0.25, -0.2) is 0 Å². The molecule has 1 saturated carbocycles. The summed E-state index contributed by atoms with van der Waals surface area (Å²) < 4.78 is 38.6. The maximum Gasteiger partial charge on any atom is 0.306 e. The van der Waals surface area contributed by atoms with Crippen molar-refractivity contribution in [2.24, 2.45) is 11.8 Å². The third-order valence-corrected chi connectivity index (χ3v) is 5.20. The van der Waals surface area contributed by atoms with Crippen LogP contribution in [0.25, 0.3) is 0 Å². The maximum absolute atomic E-state index is 14.2. The summed E-state index contributed by atoms with van der Waals surface area (Å²) in [6.07, 6.45) is 12.8. The van der Waals surface area contributed by atoms with E-state index in [0.717, 1.165) is 51.7 Å². The lowest BCUT2D eigenvalue weighted by Crippen LogP contribution is -2.23. The Hall–Kier alpha value is -2.21. The van der Waals surface area contributed by atoms with E-state index >= 15 is 0 Å². The van der Waals surface area contributed by atoms with Gasteiger partial charge in [-0.05, 0) is 76.0 Å². The number of esters is 1. The van der Waals surface area contributed by atoms with E-state index in [1.807, 2.05) is 33.8 Å². The zero-order valence-electron chi connectivity index (χ0n) is 21.5. The van der Waals surface area contributed by atoms with Crippen LogP contribution < -0.4 is 4.74 Å². The van der Waals surface area contributed by atoms with Gasteiger partial charge in [-0.2, -0.15) is 8.78 Å². The van der Waals surface area contributed by atoms with Crippen molar-refractivity contribution in [3.63, 3.8) is 0 Å². The standard InChI is InChI=1S/C25H34F2O3.C2H6.CH4O/c1-20(2)30-24(28)16-9-4-3-6-11-21-12-10-13-22(21)17-18-25(26,27)19-29-23-14-7-5-8-15-23;2*1-2/h3,5-8,14-15,17-18,20-22H,4,9-13,16,19H2,1-2H3;1-2H3;2H,1H3/b6-3-,18-17+;;/t21-,22?;;/m0../s1. The predicted molar refractivity (Wildman–Crippen MR) is 135 cm³/mol. The Labute approximate surface area is 205 Å². The average molecular weight is 483 g/mol. The van der Waals surface area contributed by atoms with Crippen LogP contribution in [0, 0.1) is 11.8 Å². The van der Waals surface area contributed by atoms with Crippen molar-refractivity contribution in [3.05, 3.63) is 54.6 Å². The van der Waals surface area contributed by atoms with Crippen molar-refractivity contribution in [3.8, 4) is 5.75 Å². The molecule has 6 heteroatoms. The summed E-state index contributed by atoms with van der Waals surface area (Å²) in [6.45, 7) is 7.04. The first-order valence-corrected chi connectivity index (χ1v) is 12.4. The number of para-hydroxylation sites is 1. The van der Waals surface area contributed by atoms with Gasteiger partial charge < -0.3 is 14.6 Å². The minimum absolute atomic E-state index is 0.0716. The molecule has 34 heavy (non-hydrogen) atoms. The fraction of sp³-hybridized carbons (Fsp3) is 0.607. The van der Waals surface area contributed by atoms with Gasteiger partial charge in [0.25, 0.3) is 5.92 Å². The third kappa shape index (κ3) is 14.8.